The molecule has 2 amide bonds. The number of carbonyl (C=O) groups excluding carboxylic acids is 2. The Balaban J connectivity index is 4.83. The third kappa shape index (κ3) is 9.03. The minimum absolute atomic E-state index is 0.163. The first kappa shape index (κ1) is 23.6. The van der Waals surface area contributed by atoms with Crippen LogP contribution < -0.4 is 5.73 Å². The largest absolute Gasteiger partial charge is 0.466 e. The van der Waals surface area contributed by atoms with E-state index in [2.05, 4.69) is 4.28 Å². The lowest BCUT2D eigenvalue weighted by molar-refractivity contribution is -0.155. The molecular formula is C15H30N2O7S. The number of amides is 2. The number of hydrogen-bond acceptors (Lipinski definition) is 7. The number of primary amides is 1. The number of rotatable bonds is 12. The zero-order chi connectivity index (χ0) is 19.7. The number of hydrogen-bond donors (Lipinski definition) is 1. The molecule has 0 fully saturated rings. The molecule has 0 aliphatic carbocycles. The van der Waals surface area contributed by atoms with Crippen molar-refractivity contribution >= 4 is 22.4 Å². The van der Waals surface area contributed by atoms with Crippen LogP contribution in [0.25, 0.3) is 0 Å². The van der Waals surface area contributed by atoms with E-state index in [4.69, 9.17) is 14.7 Å². The van der Waals surface area contributed by atoms with Crippen LogP contribution in [0.4, 0.5) is 4.79 Å². The van der Waals surface area contributed by atoms with Gasteiger partial charge in [-0.1, -0.05) is 26.2 Å². The van der Waals surface area contributed by atoms with Crippen molar-refractivity contribution in [1.82, 2.24) is 5.06 Å². The molecule has 0 aromatic rings. The quantitative estimate of drug-likeness (QED) is 0.311. The molecule has 2 N–H and O–H groups in total. The maximum atomic E-state index is 12.0. The van der Waals surface area contributed by atoms with E-state index in [0.29, 0.717) is 11.5 Å². The number of esters is 1. The molecule has 0 saturated carbocycles. The van der Waals surface area contributed by atoms with Gasteiger partial charge in [-0.2, -0.15) is 13.5 Å². The molecule has 0 saturated heterocycles. The van der Waals surface area contributed by atoms with E-state index in [0.717, 1.165) is 19.3 Å². The molecule has 1 atom stereocenters. The van der Waals surface area contributed by atoms with Gasteiger partial charge in [0.05, 0.1) is 24.7 Å². The van der Waals surface area contributed by atoms with Crippen molar-refractivity contribution in [2.45, 2.75) is 66.3 Å². The summed E-state index contributed by atoms with van der Waals surface area (Å²) in [7, 11) is -4.57. The van der Waals surface area contributed by atoms with Gasteiger partial charge in [-0.05, 0) is 34.1 Å². The lowest BCUT2D eigenvalue weighted by Gasteiger charge is -2.26. The molecule has 0 aromatic heterocycles. The van der Waals surface area contributed by atoms with Gasteiger partial charge < -0.3 is 10.5 Å². The number of nitrogens with zero attached hydrogens (tertiary/aromatic N) is 1. The fourth-order valence-corrected chi connectivity index (χ4v) is 2.76. The molecule has 0 unspecified atom stereocenters. The van der Waals surface area contributed by atoms with E-state index < -0.39 is 40.5 Å². The molecule has 148 valence electrons. The number of carbonyl (C=O) groups is 2. The maximum Gasteiger partial charge on any atom is 0.421 e. The van der Waals surface area contributed by atoms with Crippen LogP contribution in [-0.4, -0.2) is 44.7 Å². The lowest BCUT2D eigenvalue weighted by Crippen LogP contribution is -2.44. The summed E-state index contributed by atoms with van der Waals surface area (Å²) in [4.78, 5) is 23.2. The Bertz CT molecular complexity index is 534. The second-order valence-electron chi connectivity index (χ2n) is 6.36. The van der Waals surface area contributed by atoms with E-state index in [1.54, 1.807) is 13.8 Å². The summed E-state index contributed by atoms with van der Waals surface area (Å²) in [6.45, 7) is 7.90. The van der Waals surface area contributed by atoms with E-state index in [1.165, 1.54) is 13.8 Å². The first-order valence-electron chi connectivity index (χ1n) is 8.31. The normalized spacial score (nSPS) is 13.3. The molecule has 10 heteroatoms. The molecule has 0 heterocycles. The van der Waals surface area contributed by atoms with Crippen LogP contribution in [0.15, 0.2) is 0 Å². The summed E-state index contributed by atoms with van der Waals surface area (Å²) in [5, 5.41) is 0.572. The minimum atomic E-state index is -4.57. The highest BCUT2D eigenvalue weighted by Gasteiger charge is 2.34. The fourth-order valence-electron chi connectivity index (χ4n) is 1.86. The molecule has 0 spiro atoms. The third-order valence-corrected chi connectivity index (χ3v) is 4.16. The number of ether oxygens (including phenoxy) is 1. The molecule has 0 aliphatic rings. The SMILES string of the molecule is CCCCC[C@H](C)N(OS(=O)(=O)OCC(C)(C)C(=O)OCC)C(N)=O. The van der Waals surface area contributed by atoms with Crippen LogP contribution in [-0.2, 0) is 28.4 Å². The Kier molecular flexibility index (Phi) is 9.98. The predicted molar refractivity (Wildman–Crippen MR) is 91.4 cm³/mol. The summed E-state index contributed by atoms with van der Waals surface area (Å²) in [5.74, 6) is -0.607. The summed E-state index contributed by atoms with van der Waals surface area (Å²) >= 11 is 0. The Morgan fingerprint density at radius 3 is 2.28 bits per heavy atom. The van der Waals surface area contributed by atoms with Crippen LogP contribution in [0.3, 0.4) is 0 Å². The van der Waals surface area contributed by atoms with Gasteiger partial charge in [-0.25, -0.2) is 8.98 Å². The van der Waals surface area contributed by atoms with Gasteiger partial charge in [-0.3, -0.25) is 4.79 Å². The maximum absolute atomic E-state index is 12.0. The molecule has 0 radical (unpaired) electrons. The Labute approximate surface area is 150 Å². The molecule has 0 aliphatic heterocycles. The third-order valence-electron chi connectivity index (χ3n) is 3.41. The summed E-state index contributed by atoms with van der Waals surface area (Å²) in [5.41, 5.74) is 3.99. The highest BCUT2D eigenvalue weighted by atomic mass is 32.3. The van der Waals surface area contributed by atoms with Gasteiger partial charge in [0.2, 0.25) is 0 Å². The van der Waals surface area contributed by atoms with Crippen molar-refractivity contribution in [3.8, 4) is 0 Å². The predicted octanol–water partition coefficient (Wildman–Crippen LogP) is 2.12. The summed E-state index contributed by atoms with van der Waals surface area (Å²) in [6.07, 6.45) is 3.24. The number of urea groups is 1. The van der Waals surface area contributed by atoms with Gasteiger partial charge >= 0.3 is 22.4 Å². The molecule has 0 rings (SSSR count). The standard InChI is InChI=1S/C15H30N2O7S/c1-6-8-9-10-12(3)17(14(16)19)24-25(20,21)23-11-15(4,5)13(18)22-7-2/h12H,6-11H2,1-5H3,(H2,16,19)/t12-/m0/s1. The monoisotopic (exact) mass is 382 g/mol. The van der Waals surface area contributed by atoms with Crippen LogP contribution in [0.2, 0.25) is 0 Å². The summed E-state index contributed by atoms with van der Waals surface area (Å²) in [6, 6.07) is -1.58. The zero-order valence-electron chi connectivity index (χ0n) is 15.6. The van der Waals surface area contributed by atoms with Crippen molar-refractivity contribution in [2.75, 3.05) is 13.2 Å². The smallest absolute Gasteiger partial charge is 0.421 e. The first-order chi connectivity index (χ1) is 11.5. The van der Waals surface area contributed by atoms with Crippen molar-refractivity contribution in [1.29, 1.82) is 0 Å². The van der Waals surface area contributed by atoms with Crippen molar-refractivity contribution in [2.24, 2.45) is 11.1 Å². The van der Waals surface area contributed by atoms with Gasteiger partial charge in [0.25, 0.3) is 0 Å². The van der Waals surface area contributed by atoms with Gasteiger partial charge in [-0.15, -0.1) is 4.28 Å². The molecule has 25 heavy (non-hydrogen) atoms. The molecular weight excluding hydrogens is 352 g/mol. The number of hydroxylamine groups is 2. The molecule has 9 nitrogen and oxygen atoms in total. The van der Waals surface area contributed by atoms with E-state index in [-0.39, 0.29) is 6.61 Å². The second-order valence-corrected chi connectivity index (χ2v) is 7.56. The average Bonchev–Trinajstić information content (AvgIpc) is 2.51. The topological polar surface area (TPSA) is 125 Å². The van der Waals surface area contributed by atoms with Crippen molar-refractivity contribution in [3.05, 3.63) is 0 Å². The van der Waals surface area contributed by atoms with Gasteiger partial charge in [0.1, 0.15) is 0 Å². The molecule has 0 bridgehead atoms. The minimum Gasteiger partial charge on any atom is -0.466 e. The molecule has 0 aromatic carbocycles. The van der Waals surface area contributed by atoms with Gasteiger partial charge in [0.15, 0.2) is 0 Å². The van der Waals surface area contributed by atoms with E-state index in [9.17, 15) is 18.0 Å². The van der Waals surface area contributed by atoms with E-state index >= 15 is 0 Å². The number of nitrogens with two attached hydrogens (primary N) is 1. The average molecular weight is 382 g/mol. The Morgan fingerprint density at radius 2 is 1.80 bits per heavy atom. The Hall–Kier alpha value is -1.39. The highest BCUT2D eigenvalue weighted by Crippen LogP contribution is 2.20. The van der Waals surface area contributed by atoms with Crippen molar-refractivity contribution in [3.63, 3.8) is 0 Å². The van der Waals surface area contributed by atoms with Gasteiger partial charge in [0, 0.05) is 0 Å². The fraction of sp³-hybridized carbons (Fsp3) is 0.867. The Morgan fingerprint density at radius 1 is 1.20 bits per heavy atom. The van der Waals surface area contributed by atoms with Crippen LogP contribution >= 0.6 is 0 Å². The van der Waals surface area contributed by atoms with Crippen molar-refractivity contribution < 1.29 is 31.2 Å². The first-order valence-corrected chi connectivity index (χ1v) is 9.65. The zero-order valence-corrected chi connectivity index (χ0v) is 16.4. The van der Waals surface area contributed by atoms with Crippen LogP contribution in [0.5, 0.6) is 0 Å². The highest BCUT2D eigenvalue weighted by molar-refractivity contribution is 7.81. The number of unbranched alkanes of at least 4 members (excludes halogenated alkanes) is 2. The lowest BCUT2D eigenvalue weighted by atomic mass is 9.95. The summed E-state index contributed by atoms with van der Waals surface area (Å²) < 4.78 is 38.2. The van der Waals surface area contributed by atoms with E-state index in [1.807, 2.05) is 6.92 Å². The second kappa shape index (κ2) is 10.6. The van der Waals surface area contributed by atoms with Crippen LogP contribution in [0.1, 0.15) is 60.3 Å². The van der Waals surface area contributed by atoms with Crippen LogP contribution in [0, 0.1) is 5.41 Å².